The molecule has 0 radical (unpaired) electrons. The third kappa shape index (κ3) is 5.04. The van der Waals surface area contributed by atoms with E-state index >= 15 is 0 Å². The number of amides is 1. The molecule has 3 aromatic rings. The molecule has 26 heavy (non-hydrogen) atoms. The van der Waals surface area contributed by atoms with Gasteiger partial charge in [-0.25, -0.2) is 0 Å². The first-order valence-electron chi connectivity index (χ1n) is 8.82. The Hall–Kier alpha value is -2.43. The maximum atomic E-state index is 13.0. The van der Waals surface area contributed by atoms with Gasteiger partial charge in [0.15, 0.2) is 0 Å². The van der Waals surface area contributed by atoms with Crippen LogP contribution in [-0.4, -0.2) is 12.5 Å². The lowest BCUT2D eigenvalue weighted by Crippen LogP contribution is -2.34. The molecule has 3 nitrogen and oxygen atoms in total. The highest BCUT2D eigenvalue weighted by molar-refractivity contribution is 7.09. The van der Waals surface area contributed by atoms with Crippen LogP contribution in [0.15, 0.2) is 66.0 Å². The number of hydrogen-bond acceptors (Lipinski definition) is 3. The molecule has 134 valence electrons. The number of carbonyl (C=O) groups is 1. The molecule has 1 heterocycles. The maximum Gasteiger partial charge on any atom is 0.246 e. The zero-order valence-corrected chi connectivity index (χ0v) is 16.0. The minimum atomic E-state index is -0.378. The van der Waals surface area contributed by atoms with Crippen LogP contribution in [-0.2, 0) is 11.2 Å². The van der Waals surface area contributed by atoms with Crippen LogP contribution in [0.4, 0.5) is 5.69 Å². The number of carbonyl (C=O) groups excluding carboxylic acids is 1. The number of anilines is 1. The van der Waals surface area contributed by atoms with Crippen LogP contribution in [0.2, 0.25) is 0 Å². The van der Waals surface area contributed by atoms with Crippen molar-refractivity contribution in [2.75, 3.05) is 11.9 Å². The zero-order valence-electron chi connectivity index (χ0n) is 15.2. The van der Waals surface area contributed by atoms with Crippen molar-refractivity contribution in [2.24, 2.45) is 0 Å². The molecule has 0 fully saturated rings. The van der Waals surface area contributed by atoms with E-state index in [1.807, 2.05) is 56.3 Å². The second-order valence-corrected chi connectivity index (χ2v) is 7.53. The van der Waals surface area contributed by atoms with Crippen molar-refractivity contribution in [3.63, 3.8) is 0 Å². The minimum absolute atomic E-state index is 0.0348. The predicted octanol–water partition coefficient (Wildman–Crippen LogP) is 4.88. The Morgan fingerprint density at radius 1 is 1.00 bits per heavy atom. The fourth-order valence-corrected chi connectivity index (χ4v) is 3.77. The first-order valence-corrected chi connectivity index (χ1v) is 9.69. The molecule has 2 aromatic carbocycles. The highest BCUT2D eigenvalue weighted by atomic mass is 32.1. The van der Waals surface area contributed by atoms with Crippen molar-refractivity contribution in [2.45, 2.75) is 26.3 Å². The first kappa shape index (κ1) is 18.4. The molecule has 0 bridgehead atoms. The second kappa shape index (κ2) is 8.79. The van der Waals surface area contributed by atoms with Gasteiger partial charge in [0.1, 0.15) is 6.04 Å². The Morgan fingerprint density at radius 3 is 2.38 bits per heavy atom. The fraction of sp³-hybridized carbons (Fsp3) is 0.227. The topological polar surface area (TPSA) is 41.1 Å². The van der Waals surface area contributed by atoms with E-state index in [0.717, 1.165) is 35.3 Å². The Morgan fingerprint density at radius 2 is 1.73 bits per heavy atom. The normalized spacial score (nSPS) is 11.9. The Balaban J connectivity index is 1.72. The van der Waals surface area contributed by atoms with Crippen LogP contribution in [0.1, 0.15) is 27.6 Å². The van der Waals surface area contributed by atoms with Crippen molar-refractivity contribution >= 4 is 22.9 Å². The van der Waals surface area contributed by atoms with Gasteiger partial charge in [0, 0.05) is 17.1 Å². The fourth-order valence-electron chi connectivity index (χ4n) is 3.06. The lowest BCUT2D eigenvalue weighted by atomic mass is 10.1. The number of rotatable bonds is 7. The maximum absolute atomic E-state index is 13.0. The van der Waals surface area contributed by atoms with Crippen LogP contribution < -0.4 is 10.6 Å². The predicted molar refractivity (Wildman–Crippen MR) is 110 cm³/mol. The van der Waals surface area contributed by atoms with Gasteiger partial charge in [0.25, 0.3) is 0 Å². The number of thiophene rings is 1. The lowest BCUT2D eigenvalue weighted by Gasteiger charge is -2.19. The third-order valence-electron chi connectivity index (χ3n) is 4.18. The van der Waals surface area contributed by atoms with Crippen molar-refractivity contribution < 1.29 is 4.79 Å². The van der Waals surface area contributed by atoms with E-state index in [9.17, 15) is 4.79 Å². The molecule has 0 saturated carbocycles. The van der Waals surface area contributed by atoms with Gasteiger partial charge in [0.05, 0.1) is 0 Å². The molecular weight excluding hydrogens is 340 g/mol. The van der Waals surface area contributed by atoms with E-state index in [2.05, 4.69) is 34.2 Å². The van der Waals surface area contributed by atoms with E-state index in [0.29, 0.717) is 0 Å². The van der Waals surface area contributed by atoms with E-state index in [1.54, 1.807) is 11.3 Å². The van der Waals surface area contributed by atoms with E-state index in [4.69, 9.17) is 0 Å². The summed E-state index contributed by atoms with van der Waals surface area (Å²) in [7, 11) is 0. The third-order valence-corrected chi connectivity index (χ3v) is 5.12. The number of aryl methyl sites for hydroxylation is 2. The van der Waals surface area contributed by atoms with E-state index in [1.165, 1.54) is 4.88 Å². The van der Waals surface area contributed by atoms with Gasteiger partial charge in [0.2, 0.25) is 5.91 Å². The monoisotopic (exact) mass is 364 g/mol. The summed E-state index contributed by atoms with van der Waals surface area (Å²) in [5.74, 6) is -0.0348. The van der Waals surface area contributed by atoms with Crippen molar-refractivity contribution in [1.29, 1.82) is 0 Å². The lowest BCUT2D eigenvalue weighted by molar-refractivity contribution is -0.118. The molecule has 1 amide bonds. The van der Waals surface area contributed by atoms with Gasteiger partial charge < -0.3 is 10.6 Å². The summed E-state index contributed by atoms with van der Waals surface area (Å²) < 4.78 is 0. The Labute approximate surface area is 159 Å². The number of nitrogens with one attached hydrogen (secondary N) is 2. The standard InChI is InChI=1S/C22H24N2OS/c1-16-13-17(2)15-19(14-16)24-22(25)21(18-7-4-3-5-8-18)23-11-10-20-9-6-12-26-20/h3-9,12-15,21,23H,10-11H2,1-2H3,(H,24,25). The molecule has 0 aliphatic carbocycles. The largest absolute Gasteiger partial charge is 0.324 e. The summed E-state index contributed by atoms with van der Waals surface area (Å²) in [6.07, 6.45) is 0.915. The summed E-state index contributed by atoms with van der Waals surface area (Å²) >= 11 is 1.74. The summed E-state index contributed by atoms with van der Waals surface area (Å²) in [5.41, 5.74) is 4.10. The van der Waals surface area contributed by atoms with Crippen LogP contribution in [0, 0.1) is 13.8 Å². The summed E-state index contributed by atoms with van der Waals surface area (Å²) in [6, 6.07) is 19.8. The first-order chi connectivity index (χ1) is 12.6. The average Bonchev–Trinajstić information content (AvgIpc) is 3.12. The molecule has 1 aromatic heterocycles. The minimum Gasteiger partial charge on any atom is -0.324 e. The molecule has 4 heteroatoms. The molecule has 2 N–H and O–H groups in total. The highest BCUT2D eigenvalue weighted by Gasteiger charge is 2.20. The van der Waals surface area contributed by atoms with Gasteiger partial charge in [-0.3, -0.25) is 4.79 Å². The molecule has 0 aliphatic heterocycles. The molecule has 0 saturated heterocycles. The number of hydrogen-bond donors (Lipinski definition) is 2. The van der Waals surface area contributed by atoms with Gasteiger partial charge in [-0.15, -0.1) is 11.3 Å². The van der Waals surface area contributed by atoms with Crippen molar-refractivity contribution in [3.05, 3.63) is 87.6 Å². The summed E-state index contributed by atoms with van der Waals surface area (Å²) in [4.78, 5) is 14.3. The molecule has 3 rings (SSSR count). The quantitative estimate of drug-likeness (QED) is 0.627. The molecule has 1 unspecified atom stereocenters. The van der Waals surface area contributed by atoms with Crippen LogP contribution in [0.5, 0.6) is 0 Å². The second-order valence-electron chi connectivity index (χ2n) is 6.49. The molecule has 0 spiro atoms. The summed E-state index contributed by atoms with van der Waals surface area (Å²) in [5, 5.41) is 8.57. The van der Waals surface area contributed by atoms with Crippen molar-refractivity contribution in [1.82, 2.24) is 5.32 Å². The highest BCUT2D eigenvalue weighted by Crippen LogP contribution is 2.19. The summed E-state index contributed by atoms with van der Waals surface area (Å²) in [6.45, 7) is 4.83. The smallest absolute Gasteiger partial charge is 0.246 e. The number of benzene rings is 2. The molecular formula is C22H24N2OS. The Kier molecular flexibility index (Phi) is 6.21. The van der Waals surface area contributed by atoms with Crippen LogP contribution >= 0.6 is 11.3 Å². The van der Waals surface area contributed by atoms with Crippen LogP contribution in [0.25, 0.3) is 0 Å². The SMILES string of the molecule is Cc1cc(C)cc(NC(=O)C(NCCc2cccs2)c2ccccc2)c1. The van der Waals surface area contributed by atoms with Gasteiger partial charge in [-0.05, 0) is 60.5 Å². The van der Waals surface area contributed by atoms with Gasteiger partial charge in [-0.2, -0.15) is 0 Å². The molecule has 0 aliphatic rings. The molecule has 1 atom stereocenters. The van der Waals surface area contributed by atoms with E-state index < -0.39 is 0 Å². The van der Waals surface area contributed by atoms with Gasteiger partial charge >= 0.3 is 0 Å². The zero-order chi connectivity index (χ0) is 18.4. The average molecular weight is 365 g/mol. The van der Waals surface area contributed by atoms with Gasteiger partial charge in [-0.1, -0.05) is 42.5 Å². The van der Waals surface area contributed by atoms with Crippen LogP contribution in [0.3, 0.4) is 0 Å². The Bertz CT molecular complexity index is 824. The van der Waals surface area contributed by atoms with E-state index in [-0.39, 0.29) is 11.9 Å². The van der Waals surface area contributed by atoms with Crippen molar-refractivity contribution in [3.8, 4) is 0 Å².